The smallest absolute Gasteiger partial charge is 0.283 e. The number of anilines is 2. The van der Waals surface area contributed by atoms with Gasteiger partial charge in [0.1, 0.15) is 25.0 Å². The average Bonchev–Trinajstić information content (AvgIpc) is 3.80. The molecule has 3 N–H and O–H groups in total. The molecule has 3 amide bonds. The zero-order valence-electron chi connectivity index (χ0n) is 33.8. The number of piperazine rings is 1. The average molecular weight is 824 g/mol. The van der Waals surface area contributed by atoms with Crippen LogP contribution in [0.3, 0.4) is 0 Å². The zero-order valence-corrected chi connectivity index (χ0v) is 33.8. The number of alkyl halides is 2. The van der Waals surface area contributed by atoms with Gasteiger partial charge < -0.3 is 29.5 Å². The first-order chi connectivity index (χ1) is 29.0. The third-order valence-corrected chi connectivity index (χ3v) is 13.8. The number of para-hydroxylation sites is 1. The van der Waals surface area contributed by atoms with E-state index in [0.717, 1.165) is 103 Å². The number of amides is 3. The van der Waals surface area contributed by atoms with E-state index in [1.165, 1.54) is 0 Å². The number of benzene rings is 2. The van der Waals surface area contributed by atoms with Crippen molar-refractivity contribution in [1.29, 1.82) is 0 Å². The van der Waals surface area contributed by atoms with Crippen molar-refractivity contribution in [2.24, 2.45) is 5.92 Å². The first-order valence-electron chi connectivity index (χ1n) is 21.4. The molecule has 6 aliphatic heterocycles. The van der Waals surface area contributed by atoms with Gasteiger partial charge in [-0.05, 0) is 75.3 Å². The Morgan fingerprint density at radius 3 is 2.55 bits per heavy atom. The van der Waals surface area contributed by atoms with Gasteiger partial charge in [-0.1, -0.05) is 18.2 Å². The quantitative estimate of drug-likeness (QED) is 0.211. The number of imide groups is 1. The number of aliphatic hydroxyl groups excluding tert-OH is 1. The summed E-state index contributed by atoms with van der Waals surface area (Å²) in [7, 11) is 0. The second-order valence-electron chi connectivity index (χ2n) is 17.5. The van der Waals surface area contributed by atoms with Crippen molar-refractivity contribution in [2.75, 3.05) is 68.8 Å². The Hall–Kier alpha value is -5.19. The summed E-state index contributed by atoms with van der Waals surface area (Å²) in [5.74, 6) is -2.18. The summed E-state index contributed by atoms with van der Waals surface area (Å²) in [6.45, 7) is 6.40. The van der Waals surface area contributed by atoms with E-state index in [1.54, 1.807) is 22.2 Å². The third-order valence-electron chi connectivity index (χ3n) is 13.8. The number of fused-ring (bicyclic) bond motifs is 8. The van der Waals surface area contributed by atoms with Crippen molar-refractivity contribution in [1.82, 2.24) is 35.0 Å². The molecule has 16 heteroatoms. The number of rotatable bonds is 9. The summed E-state index contributed by atoms with van der Waals surface area (Å²) < 4.78 is 35.9. The van der Waals surface area contributed by atoms with E-state index < -0.39 is 37.1 Å². The summed E-state index contributed by atoms with van der Waals surface area (Å²) >= 11 is 0. The summed E-state index contributed by atoms with van der Waals surface area (Å²) in [6, 6.07) is 10.7. The molecule has 2 aromatic heterocycles. The Balaban J connectivity index is 0.743. The summed E-state index contributed by atoms with van der Waals surface area (Å²) in [6.07, 6.45) is 7.91. The van der Waals surface area contributed by atoms with E-state index in [0.29, 0.717) is 43.4 Å². The highest BCUT2D eigenvalue weighted by Crippen LogP contribution is 2.45. The van der Waals surface area contributed by atoms with Gasteiger partial charge in [-0.3, -0.25) is 29.5 Å². The van der Waals surface area contributed by atoms with Crippen molar-refractivity contribution in [2.45, 2.75) is 82.1 Å². The van der Waals surface area contributed by atoms with E-state index in [9.17, 15) is 28.3 Å². The number of nitrogens with one attached hydrogen (secondary N) is 2. The Morgan fingerprint density at radius 2 is 1.77 bits per heavy atom. The first kappa shape index (κ1) is 39.0. The fraction of sp³-hybridized carbons (Fsp3) is 0.523. The predicted octanol–water partition coefficient (Wildman–Crippen LogP) is 3.87. The highest BCUT2D eigenvalue weighted by Gasteiger charge is 2.44. The molecule has 3 fully saturated rings. The predicted molar refractivity (Wildman–Crippen MR) is 219 cm³/mol. The lowest BCUT2D eigenvalue weighted by atomic mass is 9.89. The number of piperidine rings is 2. The molecule has 8 heterocycles. The minimum atomic E-state index is -3.25. The van der Waals surface area contributed by atoms with Crippen LogP contribution in [0.5, 0.6) is 5.75 Å². The van der Waals surface area contributed by atoms with Crippen molar-refractivity contribution in [3.63, 3.8) is 0 Å². The van der Waals surface area contributed by atoms with Crippen LogP contribution in [0.25, 0.3) is 10.9 Å². The number of aromatic amines is 1. The lowest BCUT2D eigenvalue weighted by Crippen LogP contribution is -2.57. The molecule has 0 radical (unpaired) electrons. The Kier molecular flexibility index (Phi) is 9.99. The molecule has 2 aromatic carbocycles. The summed E-state index contributed by atoms with van der Waals surface area (Å²) in [5.41, 5.74) is 6.11. The number of carbonyl (C=O) groups is 3. The topological polar surface area (TPSA) is 150 Å². The first-order valence-corrected chi connectivity index (χ1v) is 21.4. The molecule has 14 nitrogen and oxygen atoms in total. The van der Waals surface area contributed by atoms with Crippen LogP contribution in [0.15, 0.2) is 48.8 Å². The second-order valence-corrected chi connectivity index (χ2v) is 17.5. The number of halogens is 2. The van der Waals surface area contributed by atoms with Crippen LogP contribution in [0, 0.1) is 5.92 Å². The van der Waals surface area contributed by atoms with Crippen molar-refractivity contribution >= 4 is 40.3 Å². The molecule has 4 atom stereocenters. The molecular weight excluding hydrogens is 773 g/mol. The van der Waals surface area contributed by atoms with Crippen molar-refractivity contribution in [3.8, 4) is 5.75 Å². The van der Waals surface area contributed by atoms with Crippen LogP contribution in [-0.2, 0) is 22.6 Å². The van der Waals surface area contributed by atoms with Gasteiger partial charge in [0.2, 0.25) is 17.8 Å². The standard InChI is InChI=1S/C44H51F2N9O5/c1-26-18-32-30-4-2-3-5-34(30)49-38(32)39(55(26)24-44(45,46)25-56)28-19-47-43(48-20-28)52-14-11-27(12-15-52)10-13-51-16-17-53-29(21-51)23-60-40-33-22-54(36-8-9-37(57)50-41(36)58)42(59)31(33)6-7-35(40)53/h2-7,19-20,26-27,29,36,39,49,56H,8-18,21-25H2,1H3,(H,50,57,58)/t26-,29-,36?,39-/m1/s1. The number of ether oxygens (including phenoxy) is 1. The number of hydrogen-bond donors (Lipinski definition) is 3. The van der Waals surface area contributed by atoms with Gasteiger partial charge in [-0.2, -0.15) is 0 Å². The van der Waals surface area contributed by atoms with Gasteiger partial charge in [0.25, 0.3) is 11.8 Å². The molecule has 316 valence electrons. The van der Waals surface area contributed by atoms with Crippen molar-refractivity contribution < 1.29 is 33.0 Å². The van der Waals surface area contributed by atoms with Gasteiger partial charge >= 0.3 is 0 Å². The van der Waals surface area contributed by atoms with E-state index >= 15 is 0 Å². The molecule has 10 rings (SSSR count). The molecule has 1 unspecified atom stereocenters. The molecule has 60 heavy (non-hydrogen) atoms. The molecule has 0 saturated carbocycles. The van der Waals surface area contributed by atoms with E-state index in [-0.39, 0.29) is 30.3 Å². The lowest BCUT2D eigenvalue weighted by Gasteiger charge is -2.46. The third kappa shape index (κ3) is 6.95. The number of aliphatic hydroxyl groups is 1. The fourth-order valence-electron chi connectivity index (χ4n) is 10.6. The molecule has 0 spiro atoms. The number of nitrogens with zero attached hydrogens (tertiary/aromatic N) is 7. The number of hydrogen-bond acceptors (Lipinski definition) is 11. The van der Waals surface area contributed by atoms with Gasteiger partial charge in [0.05, 0.1) is 30.9 Å². The summed E-state index contributed by atoms with van der Waals surface area (Å²) in [4.78, 5) is 61.3. The minimum absolute atomic E-state index is 0.190. The Labute approximate surface area is 346 Å². The molecule has 3 saturated heterocycles. The Bertz CT molecular complexity index is 2310. The number of aromatic nitrogens is 3. The molecular formula is C44H51F2N9O5. The van der Waals surface area contributed by atoms with Crippen molar-refractivity contribution in [3.05, 3.63) is 76.7 Å². The van der Waals surface area contributed by atoms with Gasteiger partial charge in [0, 0.05) is 90.9 Å². The summed E-state index contributed by atoms with van der Waals surface area (Å²) in [5, 5.41) is 12.9. The highest BCUT2D eigenvalue weighted by atomic mass is 19.3. The second kappa shape index (κ2) is 15.4. The van der Waals surface area contributed by atoms with Crippen LogP contribution in [0.1, 0.15) is 77.8 Å². The van der Waals surface area contributed by atoms with Crippen LogP contribution in [0.2, 0.25) is 0 Å². The molecule has 0 bridgehead atoms. The van der Waals surface area contributed by atoms with E-state index in [2.05, 4.69) is 31.1 Å². The Morgan fingerprint density at radius 1 is 0.967 bits per heavy atom. The molecule has 0 aliphatic carbocycles. The molecule has 6 aliphatic rings. The van der Waals surface area contributed by atoms with Gasteiger partial charge in [-0.25, -0.2) is 18.7 Å². The van der Waals surface area contributed by atoms with Crippen LogP contribution in [-0.4, -0.2) is 136 Å². The van der Waals surface area contributed by atoms with Gasteiger partial charge in [0.15, 0.2) is 0 Å². The maximum atomic E-state index is 14.7. The van der Waals surface area contributed by atoms with Crippen LogP contribution >= 0.6 is 0 Å². The van der Waals surface area contributed by atoms with E-state index in [4.69, 9.17) is 14.7 Å². The maximum absolute atomic E-state index is 14.7. The minimum Gasteiger partial charge on any atom is -0.489 e. The zero-order chi connectivity index (χ0) is 41.3. The molecule has 4 aromatic rings. The normalized spacial score (nSPS) is 25.2. The number of H-pyrrole nitrogens is 1. The number of carbonyl (C=O) groups excluding carboxylic acids is 3. The van der Waals surface area contributed by atoms with Crippen LogP contribution < -0.4 is 19.9 Å². The SMILES string of the molecule is C[C@@H]1Cc2c([nH]c3ccccc23)[C@@H](c2cnc(N3CCC(CCN4CCN5c6ccc7c(c6OC[C@H]5C4)CN(C4CCC(=O)NC4=O)C7=O)CC3)nc2)N1CC(F)(F)CO. The fourth-order valence-corrected chi connectivity index (χ4v) is 10.6. The monoisotopic (exact) mass is 823 g/mol. The van der Waals surface area contributed by atoms with E-state index in [1.807, 2.05) is 37.3 Å². The lowest BCUT2D eigenvalue weighted by molar-refractivity contribution is -0.136. The largest absolute Gasteiger partial charge is 0.489 e. The maximum Gasteiger partial charge on any atom is 0.283 e. The highest BCUT2D eigenvalue weighted by molar-refractivity contribution is 6.06. The van der Waals surface area contributed by atoms with Gasteiger partial charge in [-0.15, -0.1) is 0 Å². The van der Waals surface area contributed by atoms with Crippen LogP contribution in [0.4, 0.5) is 20.4 Å².